The van der Waals surface area contributed by atoms with Crippen molar-refractivity contribution in [1.82, 2.24) is 0 Å². The summed E-state index contributed by atoms with van der Waals surface area (Å²) in [6, 6.07) is 14.6. The molecule has 2 aromatic rings. The summed E-state index contributed by atoms with van der Waals surface area (Å²) in [4.78, 5) is 14.7. The molecule has 3 rings (SSSR count). The molecule has 1 aliphatic rings. The Morgan fingerprint density at radius 3 is 2.62 bits per heavy atom. The maximum Gasteiger partial charge on any atom is 0.258 e. The van der Waals surface area contributed by atoms with Gasteiger partial charge < -0.3 is 9.64 Å². The van der Waals surface area contributed by atoms with Crippen molar-refractivity contribution in [3.63, 3.8) is 0 Å². The van der Waals surface area contributed by atoms with E-state index in [0.717, 1.165) is 0 Å². The lowest BCUT2D eigenvalue weighted by atomic mass is 10.0. The van der Waals surface area contributed by atoms with Gasteiger partial charge >= 0.3 is 0 Å². The Morgan fingerprint density at radius 1 is 1.17 bits per heavy atom. The third-order valence-electron chi connectivity index (χ3n) is 4.10. The van der Waals surface area contributed by atoms with E-state index in [0.29, 0.717) is 42.9 Å². The maximum atomic E-state index is 13.7. The Kier molecular flexibility index (Phi) is 4.88. The third-order valence-corrected chi connectivity index (χ3v) is 4.10. The van der Waals surface area contributed by atoms with Crippen LogP contribution >= 0.6 is 0 Å². The molecule has 0 bridgehead atoms. The molecule has 0 radical (unpaired) electrons. The summed E-state index contributed by atoms with van der Waals surface area (Å²) in [6.45, 7) is 1.14. The minimum absolute atomic E-state index is 0.0567. The summed E-state index contributed by atoms with van der Waals surface area (Å²) in [6.07, 6.45) is 1.39. The highest BCUT2D eigenvalue weighted by molar-refractivity contribution is 6.06. The number of amides is 1. The fourth-order valence-corrected chi connectivity index (χ4v) is 2.92. The summed E-state index contributed by atoms with van der Waals surface area (Å²) < 4.78 is 19.0. The van der Waals surface area contributed by atoms with Gasteiger partial charge in [-0.25, -0.2) is 4.39 Å². The number of ether oxygens (including phenoxy) is 1. The van der Waals surface area contributed by atoms with E-state index >= 15 is 0 Å². The summed E-state index contributed by atoms with van der Waals surface area (Å²) in [5, 5.41) is 9.04. The van der Waals surface area contributed by atoms with Crippen molar-refractivity contribution in [2.75, 3.05) is 18.1 Å². The molecule has 1 heterocycles. The Bertz CT molecular complexity index is 779. The van der Waals surface area contributed by atoms with Gasteiger partial charge in [0.15, 0.2) is 0 Å². The minimum Gasteiger partial charge on any atom is -0.381 e. The number of halogens is 1. The third kappa shape index (κ3) is 3.44. The molecule has 0 spiro atoms. The summed E-state index contributed by atoms with van der Waals surface area (Å²) >= 11 is 0. The molecule has 0 N–H and O–H groups in total. The van der Waals surface area contributed by atoms with Gasteiger partial charge in [-0.05, 0) is 49.2 Å². The Hall–Kier alpha value is -2.71. The van der Waals surface area contributed by atoms with Gasteiger partial charge in [0, 0.05) is 30.5 Å². The molecule has 0 unspecified atom stereocenters. The van der Waals surface area contributed by atoms with E-state index in [-0.39, 0.29) is 17.8 Å². The Balaban J connectivity index is 2.00. The van der Waals surface area contributed by atoms with E-state index in [1.54, 1.807) is 41.3 Å². The molecule has 1 fully saturated rings. The van der Waals surface area contributed by atoms with Crippen molar-refractivity contribution in [2.45, 2.75) is 18.9 Å². The van der Waals surface area contributed by atoms with Crippen molar-refractivity contribution in [3.8, 4) is 6.07 Å². The van der Waals surface area contributed by atoms with E-state index in [1.165, 1.54) is 12.1 Å². The van der Waals surface area contributed by atoms with Crippen LogP contribution in [0.3, 0.4) is 0 Å². The fourth-order valence-electron chi connectivity index (χ4n) is 2.92. The molecule has 0 saturated carbocycles. The van der Waals surface area contributed by atoms with E-state index in [9.17, 15) is 9.18 Å². The lowest BCUT2D eigenvalue weighted by molar-refractivity contribution is 0.0772. The molecule has 0 aliphatic carbocycles. The summed E-state index contributed by atoms with van der Waals surface area (Å²) in [5.74, 6) is -0.618. The van der Waals surface area contributed by atoms with E-state index in [2.05, 4.69) is 0 Å². The molecule has 2 aromatic carbocycles. The number of carbonyl (C=O) groups is 1. The van der Waals surface area contributed by atoms with Crippen LogP contribution in [0, 0.1) is 17.1 Å². The van der Waals surface area contributed by atoms with Crippen LogP contribution in [0.1, 0.15) is 28.8 Å². The second kappa shape index (κ2) is 7.24. The molecule has 1 amide bonds. The van der Waals surface area contributed by atoms with Crippen LogP contribution in [0.5, 0.6) is 0 Å². The quantitative estimate of drug-likeness (QED) is 0.868. The predicted octanol–water partition coefficient (Wildman–Crippen LogP) is 3.52. The maximum absolute atomic E-state index is 13.7. The van der Waals surface area contributed by atoms with Crippen molar-refractivity contribution >= 4 is 11.6 Å². The molecule has 4 nitrogen and oxygen atoms in total. The molecule has 1 saturated heterocycles. The molecule has 122 valence electrons. The zero-order valence-corrected chi connectivity index (χ0v) is 13.1. The van der Waals surface area contributed by atoms with E-state index in [1.807, 2.05) is 6.07 Å². The topological polar surface area (TPSA) is 53.3 Å². The predicted molar refractivity (Wildman–Crippen MR) is 88.2 cm³/mol. The van der Waals surface area contributed by atoms with Crippen LogP contribution in [0.25, 0.3) is 0 Å². The monoisotopic (exact) mass is 324 g/mol. The van der Waals surface area contributed by atoms with Gasteiger partial charge in [0.05, 0.1) is 11.6 Å². The first-order valence-corrected chi connectivity index (χ1v) is 7.86. The average molecular weight is 324 g/mol. The van der Waals surface area contributed by atoms with Crippen LogP contribution in [0.15, 0.2) is 48.5 Å². The largest absolute Gasteiger partial charge is 0.381 e. The highest BCUT2D eigenvalue weighted by Gasteiger charge is 2.28. The van der Waals surface area contributed by atoms with Crippen molar-refractivity contribution < 1.29 is 13.9 Å². The van der Waals surface area contributed by atoms with Crippen LogP contribution < -0.4 is 4.90 Å². The van der Waals surface area contributed by atoms with Gasteiger partial charge in [-0.1, -0.05) is 12.1 Å². The first-order chi connectivity index (χ1) is 11.7. The zero-order chi connectivity index (χ0) is 16.9. The zero-order valence-electron chi connectivity index (χ0n) is 13.1. The van der Waals surface area contributed by atoms with Gasteiger partial charge in [-0.3, -0.25) is 4.79 Å². The minimum atomic E-state index is -0.386. The van der Waals surface area contributed by atoms with Gasteiger partial charge in [-0.2, -0.15) is 5.26 Å². The number of hydrogen-bond acceptors (Lipinski definition) is 3. The van der Waals surface area contributed by atoms with Gasteiger partial charge in [-0.15, -0.1) is 0 Å². The highest BCUT2D eigenvalue weighted by atomic mass is 19.1. The number of anilines is 1. The summed E-state index contributed by atoms with van der Waals surface area (Å²) in [5.41, 5.74) is 1.37. The Morgan fingerprint density at radius 2 is 1.92 bits per heavy atom. The number of benzene rings is 2. The number of nitrogens with zero attached hydrogens (tertiary/aromatic N) is 2. The molecule has 0 aromatic heterocycles. The number of rotatable bonds is 3. The van der Waals surface area contributed by atoms with Gasteiger partial charge in [0.2, 0.25) is 0 Å². The molecular formula is C19H17FN2O2. The molecule has 1 aliphatic heterocycles. The van der Waals surface area contributed by atoms with Crippen LogP contribution in [-0.2, 0) is 4.74 Å². The second-order valence-electron chi connectivity index (χ2n) is 5.69. The normalized spacial score (nSPS) is 14.8. The second-order valence-corrected chi connectivity index (χ2v) is 5.69. The van der Waals surface area contributed by atoms with Crippen LogP contribution in [0.2, 0.25) is 0 Å². The molecule has 5 heteroatoms. The average Bonchev–Trinajstić information content (AvgIpc) is 2.63. The van der Waals surface area contributed by atoms with Gasteiger partial charge in [0.1, 0.15) is 5.82 Å². The van der Waals surface area contributed by atoms with Gasteiger partial charge in [0.25, 0.3) is 5.91 Å². The van der Waals surface area contributed by atoms with Crippen LogP contribution in [0.4, 0.5) is 10.1 Å². The number of hydrogen-bond donors (Lipinski definition) is 0. The first-order valence-electron chi connectivity index (χ1n) is 7.86. The molecule has 24 heavy (non-hydrogen) atoms. The first kappa shape index (κ1) is 16.2. The van der Waals surface area contributed by atoms with E-state index in [4.69, 9.17) is 10.00 Å². The standard InChI is InChI=1S/C19H17FN2O2/c20-16-5-2-6-18(12-16)22(17-7-9-24-10-8-17)19(23)15-4-1-3-14(11-15)13-21/h1-6,11-12,17H,7-10H2. The van der Waals surface area contributed by atoms with Crippen LogP contribution in [-0.4, -0.2) is 25.2 Å². The lowest BCUT2D eigenvalue weighted by Gasteiger charge is -2.34. The highest BCUT2D eigenvalue weighted by Crippen LogP contribution is 2.26. The lowest BCUT2D eigenvalue weighted by Crippen LogP contribution is -2.43. The van der Waals surface area contributed by atoms with Crippen molar-refractivity contribution in [2.24, 2.45) is 0 Å². The van der Waals surface area contributed by atoms with Crippen molar-refractivity contribution in [3.05, 3.63) is 65.5 Å². The smallest absolute Gasteiger partial charge is 0.258 e. The molecule has 0 atom stereocenters. The number of nitriles is 1. The SMILES string of the molecule is N#Cc1cccc(C(=O)N(c2cccc(F)c2)C2CCOCC2)c1. The molecular weight excluding hydrogens is 307 g/mol. The van der Waals surface area contributed by atoms with E-state index < -0.39 is 0 Å². The van der Waals surface area contributed by atoms with Crippen molar-refractivity contribution in [1.29, 1.82) is 5.26 Å². The number of carbonyl (C=O) groups excluding carboxylic acids is 1. The fraction of sp³-hybridized carbons (Fsp3) is 0.263. The summed E-state index contributed by atoms with van der Waals surface area (Å²) in [7, 11) is 0. The Labute approximate surface area is 140 Å².